The van der Waals surface area contributed by atoms with Crippen molar-refractivity contribution >= 4 is 5.91 Å². The van der Waals surface area contributed by atoms with Crippen LogP contribution in [-0.4, -0.2) is 19.0 Å². The molecule has 0 aliphatic heterocycles. The molecule has 1 amide bonds. The Labute approximate surface area is 122 Å². The highest BCUT2D eigenvalue weighted by molar-refractivity contribution is 5.87. The van der Waals surface area contributed by atoms with Gasteiger partial charge in [0.2, 0.25) is 5.91 Å². The third-order valence-corrected chi connectivity index (χ3v) is 3.89. The summed E-state index contributed by atoms with van der Waals surface area (Å²) in [5.74, 6) is 0.572. The summed E-state index contributed by atoms with van der Waals surface area (Å²) in [5, 5.41) is 3.10. The van der Waals surface area contributed by atoms with Crippen molar-refractivity contribution in [3.05, 3.63) is 35.9 Å². The van der Waals surface area contributed by atoms with Gasteiger partial charge in [-0.15, -0.1) is 0 Å². The second kappa shape index (κ2) is 8.05. The molecule has 0 saturated carbocycles. The Kier molecular flexibility index (Phi) is 6.73. The maximum absolute atomic E-state index is 12.4. The number of hydrogen-bond acceptors (Lipinski definition) is 2. The molecule has 1 unspecified atom stereocenters. The van der Waals surface area contributed by atoms with Gasteiger partial charge in [0.25, 0.3) is 0 Å². The van der Waals surface area contributed by atoms with Crippen molar-refractivity contribution in [1.29, 1.82) is 0 Å². The first-order valence-electron chi connectivity index (χ1n) is 7.56. The van der Waals surface area contributed by atoms with Crippen molar-refractivity contribution in [1.82, 2.24) is 5.32 Å². The Balaban J connectivity index is 2.61. The first kappa shape index (κ1) is 16.7. The molecule has 0 aliphatic rings. The van der Waals surface area contributed by atoms with Gasteiger partial charge in [0, 0.05) is 6.54 Å². The van der Waals surface area contributed by atoms with E-state index in [4.69, 9.17) is 5.73 Å². The molecule has 1 aromatic rings. The molecule has 3 nitrogen and oxygen atoms in total. The number of nitrogens with two attached hydrogens (primary N) is 1. The second-order valence-corrected chi connectivity index (χ2v) is 5.93. The zero-order chi connectivity index (χ0) is 15.0. The van der Waals surface area contributed by atoms with Crippen LogP contribution in [0.15, 0.2) is 30.3 Å². The normalized spacial score (nSPS) is 13.0. The van der Waals surface area contributed by atoms with E-state index < -0.39 is 5.41 Å². The van der Waals surface area contributed by atoms with Gasteiger partial charge in [-0.1, -0.05) is 43.7 Å². The molecule has 0 spiro atoms. The van der Waals surface area contributed by atoms with Gasteiger partial charge in [0.1, 0.15) is 0 Å². The standard InChI is InChI=1S/C17H28N2O/c1-4-8-14(11-12-18)13-19-16(20)17(2,3)15-9-6-5-7-10-15/h5-7,9-10,14H,4,8,11-13,18H2,1-3H3,(H,19,20). The third kappa shape index (κ3) is 4.64. The molecule has 1 atom stereocenters. The molecule has 0 heterocycles. The summed E-state index contributed by atoms with van der Waals surface area (Å²) in [4.78, 5) is 12.4. The van der Waals surface area contributed by atoms with Crippen LogP contribution in [0.3, 0.4) is 0 Å². The number of rotatable bonds is 8. The van der Waals surface area contributed by atoms with E-state index in [1.165, 1.54) is 0 Å². The average molecular weight is 276 g/mol. The van der Waals surface area contributed by atoms with E-state index in [-0.39, 0.29) is 5.91 Å². The van der Waals surface area contributed by atoms with E-state index >= 15 is 0 Å². The van der Waals surface area contributed by atoms with Gasteiger partial charge in [-0.3, -0.25) is 4.79 Å². The van der Waals surface area contributed by atoms with E-state index in [1.807, 2.05) is 44.2 Å². The van der Waals surface area contributed by atoms with Crippen molar-refractivity contribution in [3.63, 3.8) is 0 Å². The number of amides is 1. The first-order chi connectivity index (χ1) is 9.52. The molecule has 0 aliphatic carbocycles. The largest absolute Gasteiger partial charge is 0.355 e. The molecule has 0 aromatic heterocycles. The van der Waals surface area contributed by atoms with Gasteiger partial charge < -0.3 is 11.1 Å². The topological polar surface area (TPSA) is 55.1 Å². The fourth-order valence-electron chi connectivity index (χ4n) is 2.44. The van der Waals surface area contributed by atoms with Gasteiger partial charge in [0.15, 0.2) is 0 Å². The van der Waals surface area contributed by atoms with E-state index in [0.29, 0.717) is 12.5 Å². The molecule has 3 heteroatoms. The van der Waals surface area contributed by atoms with Gasteiger partial charge >= 0.3 is 0 Å². The Bertz CT molecular complexity index is 395. The van der Waals surface area contributed by atoms with Crippen LogP contribution >= 0.6 is 0 Å². The molecule has 0 fully saturated rings. The summed E-state index contributed by atoms with van der Waals surface area (Å²) >= 11 is 0. The van der Waals surface area contributed by atoms with Gasteiger partial charge in [-0.25, -0.2) is 0 Å². The lowest BCUT2D eigenvalue weighted by Gasteiger charge is -2.26. The van der Waals surface area contributed by atoms with Crippen LogP contribution in [-0.2, 0) is 10.2 Å². The van der Waals surface area contributed by atoms with Crippen LogP contribution in [0.5, 0.6) is 0 Å². The molecule has 1 rings (SSSR count). The fourth-order valence-corrected chi connectivity index (χ4v) is 2.44. The monoisotopic (exact) mass is 276 g/mol. The third-order valence-electron chi connectivity index (χ3n) is 3.89. The number of carbonyl (C=O) groups is 1. The Hall–Kier alpha value is -1.35. The molecular weight excluding hydrogens is 248 g/mol. The lowest BCUT2D eigenvalue weighted by Crippen LogP contribution is -2.42. The zero-order valence-corrected chi connectivity index (χ0v) is 13.0. The summed E-state index contributed by atoms with van der Waals surface area (Å²) in [7, 11) is 0. The minimum absolute atomic E-state index is 0.0850. The lowest BCUT2D eigenvalue weighted by molar-refractivity contribution is -0.125. The molecule has 0 radical (unpaired) electrons. The highest BCUT2D eigenvalue weighted by Gasteiger charge is 2.29. The Morgan fingerprint density at radius 1 is 1.25 bits per heavy atom. The highest BCUT2D eigenvalue weighted by atomic mass is 16.2. The summed E-state index contributed by atoms with van der Waals surface area (Å²) in [6, 6.07) is 9.92. The summed E-state index contributed by atoms with van der Waals surface area (Å²) in [6.45, 7) is 7.51. The van der Waals surface area contributed by atoms with Crippen molar-refractivity contribution in [2.45, 2.75) is 45.4 Å². The highest BCUT2D eigenvalue weighted by Crippen LogP contribution is 2.23. The molecular formula is C17H28N2O. The van der Waals surface area contributed by atoms with E-state index in [2.05, 4.69) is 12.2 Å². The first-order valence-corrected chi connectivity index (χ1v) is 7.56. The number of nitrogens with one attached hydrogen (secondary N) is 1. The molecule has 112 valence electrons. The van der Waals surface area contributed by atoms with Crippen LogP contribution in [0.4, 0.5) is 0 Å². The van der Waals surface area contributed by atoms with Crippen LogP contribution in [0.2, 0.25) is 0 Å². The lowest BCUT2D eigenvalue weighted by atomic mass is 9.83. The number of benzene rings is 1. The van der Waals surface area contributed by atoms with Crippen LogP contribution in [0.1, 0.15) is 45.6 Å². The average Bonchev–Trinajstić information content (AvgIpc) is 2.45. The van der Waals surface area contributed by atoms with Crippen molar-refractivity contribution in [2.24, 2.45) is 11.7 Å². The molecule has 0 saturated heterocycles. The van der Waals surface area contributed by atoms with Gasteiger partial charge in [-0.05, 0) is 44.7 Å². The van der Waals surface area contributed by atoms with E-state index in [0.717, 1.165) is 31.4 Å². The van der Waals surface area contributed by atoms with Gasteiger partial charge in [-0.2, -0.15) is 0 Å². The van der Waals surface area contributed by atoms with Crippen molar-refractivity contribution in [3.8, 4) is 0 Å². The SMILES string of the molecule is CCCC(CCN)CNC(=O)C(C)(C)c1ccccc1. The second-order valence-electron chi connectivity index (χ2n) is 5.93. The summed E-state index contributed by atoms with van der Waals surface area (Å²) in [6.07, 6.45) is 3.21. The van der Waals surface area contributed by atoms with E-state index in [1.54, 1.807) is 0 Å². The van der Waals surface area contributed by atoms with Crippen LogP contribution in [0, 0.1) is 5.92 Å². The predicted octanol–water partition coefficient (Wildman–Crippen LogP) is 2.85. The number of carbonyl (C=O) groups excluding carboxylic acids is 1. The maximum atomic E-state index is 12.4. The van der Waals surface area contributed by atoms with Crippen LogP contribution in [0.25, 0.3) is 0 Å². The van der Waals surface area contributed by atoms with Gasteiger partial charge in [0.05, 0.1) is 5.41 Å². The maximum Gasteiger partial charge on any atom is 0.230 e. The van der Waals surface area contributed by atoms with Crippen molar-refractivity contribution < 1.29 is 4.79 Å². The van der Waals surface area contributed by atoms with Crippen molar-refractivity contribution in [2.75, 3.05) is 13.1 Å². The van der Waals surface area contributed by atoms with Crippen LogP contribution < -0.4 is 11.1 Å². The minimum Gasteiger partial charge on any atom is -0.355 e. The minimum atomic E-state index is -0.499. The summed E-state index contributed by atoms with van der Waals surface area (Å²) < 4.78 is 0. The zero-order valence-electron chi connectivity index (χ0n) is 13.0. The molecule has 1 aromatic carbocycles. The molecule has 0 bridgehead atoms. The molecule has 3 N–H and O–H groups in total. The Morgan fingerprint density at radius 2 is 1.90 bits per heavy atom. The van der Waals surface area contributed by atoms with E-state index in [9.17, 15) is 4.79 Å². The molecule has 20 heavy (non-hydrogen) atoms. The smallest absolute Gasteiger partial charge is 0.230 e. The quantitative estimate of drug-likeness (QED) is 0.767. The number of hydrogen-bond donors (Lipinski definition) is 2. The Morgan fingerprint density at radius 3 is 2.45 bits per heavy atom. The predicted molar refractivity (Wildman–Crippen MR) is 84.5 cm³/mol. The summed E-state index contributed by atoms with van der Waals surface area (Å²) in [5.41, 5.74) is 6.18. The fraction of sp³-hybridized carbons (Fsp3) is 0.588.